The topological polar surface area (TPSA) is 3.24 Å². The second-order valence-electron chi connectivity index (χ2n) is 6.79. The van der Waals surface area contributed by atoms with E-state index in [1.54, 1.807) is 0 Å². The summed E-state index contributed by atoms with van der Waals surface area (Å²) in [5.74, 6) is 0. The SMILES string of the molecule is CN(C)C(=S)CCC(c1ccccc1)(c1ccccc1)c1ccccc1. The van der Waals surface area contributed by atoms with E-state index in [1.165, 1.54) is 16.7 Å². The first kappa shape index (κ1) is 18.3. The molecular weight excluding hydrogens is 334 g/mol. The van der Waals surface area contributed by atoms with Crippen LogP contribution in [0.2, 0.25) is 0 Å². The summed E-state index contributed by atoms with van der Waals surface area (Å²) in [5.41, 5.74) is 3.70. The third-order valence-corrected chi connectivity index (χ3v) is 5.58. The highest BCUT2D eigenvalue weighted by Crippen LogP contribution is 2.43. The highest BCUT2D eigenvalue weighted by Gasteiger charge is 2.36. The molecule has 0 bridgehead atoms. The third-order valence-electron chi connectivity index (χ3n) is 5.01. The van der Waals surface area contributed by atoms with Gasteiger partial charge in [-0.25, -0.2) is 0 Å². The van der Waals surface area contributed by atoms with E-state index >= 15 is 0 Å². The van der Waals surface area contributed by atoms with Gasteiger partial charge in [0.2, 0.25) is 0 Å². The summed E-state index contributed by atoms with van der Waals surface area (Å²) in [6.45, 7) is 0. The van der Waals surface area contributed by atoms with Crippen LogP contribution in [0, 0.1) is 0 Å². The van der Waals surface area contributed by atoms with Gasteiger partial charge in [0.25, 0.3) is 0 Å². The Kier molecular flexibility index (Phi) is 5.85. The largest absolute Gasteiger partial charge is 0.372 e. The highest BCUT2D eigenvalue weighted by atomic mass is 32.1. The van der Waals surface area contributed by atoms with E-state index in [-0.39, 0.29) is 5.41 Å². The Morgan fingerprint density at radius 3 is 1.35 bits per heavy atom. The van der Waals surface area contributed by atoms with Gasteiger partial charge in [0.1, 0.15) is 0 Å². The predicted molar refractivity (Wildman–Crippen MR) is 115 cm³/mol. The number of hydrogen-bond acceptors (Lipinski definition) is 1. The van der Waals surface area contributed by atoms with Crippen molar-refractivity contribution in [2.24, 2.45) is 0 Å². The van der Waals surface area contributed by atoms with Gasteiger partial charge < -0.3 is 4.90 Å². The molecule has 0 N–H and O–H groups in total. The molecule has 2 heteroatoms. The van der Waals surface area contributed by atoms with E-state index in [0.29, 0.717) is 0 Å². The smallest absolute Gasteiger partial charge is 0.0774 e. The first-order valence-electron chi connectivity index (χ1n) is 9.01. The van der Waals surface area contributed by atoms with Crippen LogP contribution in [0.4, 0.5) is 0 Å². The van der Waals surface area contributed by atoms with Crippen molar-refractivity contribution in [2.45, 2.75) is 18.3 Å². The molecule has 3 rings (SSSR count). The van der Waals surface area contributed by atoms with E-state index in [1.807, 2.05) is 19.0 Å². The number of rotatable bonds is 6. The predicted octanol–water partition coefficient (Wildman–Crippen LogP) is 5.69. The number of benzene rings is 3. The zero-order valence-electron chi connectivity index (χ0n) is 15.4. The minimum absolute atomic E-state index is 0.218. The van der Waals surface area contributed by atoms with Gasteiger partial charge >= 0.3 is 0 Å². The average Bonchev–Trinajstić information content (AvgIpc) is 2.70. The van der Waals surface area contributed by atoms with Crippen molar-refractivity contribution in [3.63, 3.8) is 0 Å². The van der Waals surface area contributed by atoms with Gasteiger partial charge in [0, 0.05) is 19.5 Å². The second kappa shape index (κ2) is 8.29. The van der Waals surface area contributed by atoms with Crippen molar-refractivity contribution >= 4 is 17.2 Å². The number of thiocarbonyl (C=S) groups is 1. The summed E-state index contributed by atoms with van der Waals surface area (Å²) in [4.78, 5) is 3.03. The summed E-state index contributed by atoms with van der Waals surface area (Å²) < 4.78 is 0. The van der Waals surface area contributed by atoms with Gasteiger partial charge in [0.15, 0.2) is 0 Å². The Morgan fingerprint density at radius 2 is 1.04 bits per heavy atom. The Morgan fingerprint density at radius 1 is 0.692 bits per heavy atom. The summed E-state index contributed by atoms with van der Waals surface area (Å²) in [6.07, 6.45) is 1.79. The molecule has 3 aromatic rings. The van der Waals surface area contributed by atoms with E-state index in [4.69, 9.17) is 12.2 Å². The fraction of sp³-hybridized carbons (Fsp3) is 0.208. The molecule has 0 unspecified atom stereocenters. The molecule has 1 nitrogen and oxygen atoms in total. The maximum atomic E-state index is 5.62. The normalized spacial score (nSPS) is 11.2. The Bertz CT molecular complexity index is 729. The van der Waals surface area contributed by atoms with E-state index < -0.39 is 0 Å². The van der Waals surface area contributed by atoms with E-state index in [9.17, 15) is 0 Å². The zero-order chi connectivity index (χ0) is 18.4. The summed E-state index contributed by atoms with van der Waals surface area (Å²) in [7, 11) is 4.05. The molecule has 0 spiro atoms. The molecule has 3 aromatic carbocycles. The molecule has 0 aromatic heterocycles. The Hall–Kier alpha value is -2.45. The first-order valence-corrected chi connectivity index (χ1v) is 9.42. The Labute approximate surface area is 162 Å². The standard InChI is InChI=1S/C24H25NS/c1-25(2)23(26)18-19-24(20-12-6-3-7-13-20,21-14-8-4-9-15-21)22-16-10-5-11-17-22/h3-17H,18-19H2,1-2H3. The van der Waals surface area contributed by atoms with Gasteiger partial charge in [-0.3, -0.25) is 0 Å². The van der Waals surface area contributed by atoms with Gasteiger partial charge in [-0.1, -0.05) is 103 Å². The molecule has 26 heavy (non-hydrogen) atoms. The van der Waals surface area contributed by atoms with Gasteiger partial charge in [0.05, 0.1) is 4.99 Å². The fourth-order valence-electron chi connectivity index (χ4n) is 3.62. The van der Waals surface area contributed by atoms with Crippen LogP contribution in [0.25, 0.3) is 0 Å². The highest BCUT2D eigenvalue weighted by molar-refractivity contribution is 7.80. The van der Waals surface area contributed by atoms with Crippen LogP contribution in [-0.4, -0.2) is 24.0 Å². The van der Waals surface area contributed by atoms with Crippen molar-refractivity contribution in [3.05, 3.63) is 108 Å². The lowest BCUT2D eigenvalue weighted by atomic mass is 9.67. The van der Waals surface area contributed by atoms with Crippen LogP contribution < -0.4 is 0 Å². The molecule has 0 fully saturated rings. The minimum atomic E-state index is -0.218. The molecule has 0 radical (unpaired) electrons. The summed E-state index contributed by atoms with van der Waals surface area (Å²) in [5, 5.41) is 0. The zero-order valence-corrected chi connectivity index (χ0v) is 16.2. The van der Waals surface area contributed by atoms with Crippen LogP contribution in [-0.2, 0) is 5.41 Å². The van der Waals surface area contributed by atoms with Crippen molar-refractivity contribution in [1.29, 1.82) is 0 Å². The molecular formula is C24H25NS. The van der Waals surface area contributed by atoms with E-state index in [2.05, 4.69) is 91.0 Å². The lowest BCUT2D eigenvalue weighted by molar-refractivity contribution is 0.545. The van der Waals surface area contributed by atoms with Crippen LogP contribution in [0.5, 0.6) is 0 Å². The number of nitrogens with zero attached hydrogens (tertiary/aromatic N) is 1. The number of hydrogen-bond donors (Lipinski definition) is 0. The lowest BCUT2D eigenvalue weighted by Gasteiger charge is -2.36. The molecule has 0 aliphatic heterocycles. The van der Waals surface area contributed by atoms with Gasteiger partial charge in [-0.05, 0) is 29.5 Å². The molecule has 0 heterocycles. The maximum absolute atomic E-state index is 5.62. The van der Waals surface area contributed by atoms with Crippen molar-refractivity contribution in [1.82, 2.24) is 4.90 Å². The van der Waals surface area contributed by atoms with E-state index in [0.717, 1.165) is 17.8 Å². The molecule has 0 aliphatic rings. The first-order chi connectivity index (χ1) is 12.6. The fourth-order valence-corrected chi connectivity index (χ4v) is 3.72. The molecule has 0 saturated heterocycles. The monoisotopic (exact) mass is 359 g/mol. The average molecular weight is 360 g/mol. The quantitative estimate of drug-likeness (QED) is 0.411. The molecule has 132 valence electrons. The molecule has 0 aliphatic carbocycles. The van der Waals surface area contributed by atoms with Crippen molar-refractivity contribution in [3.8, 4) is 0 Å². The van der Waals surface area contributed by atoms with Crippen molar-refractivity contribution < 1.29 is 0 Å². The lowest BCUT2D eigenvalue weighted by Crippen LogP contribution is -2.32. The minimum Gasteiger partial charge on any atom is -0.372 e. The van der Waals surface area contributed by atoms with Crippen LogP contribution in [0.3, 0.4) is 0 Å². The molecule has 0 saturated carbocycles. The van der Waals surface area contributed by atoms with Crippen LogP contribution in [0.1, 0.15) is 29.5 Å². The van der Waals surface area contributed by atoms with Crippen LogP contribution in [0.15, 0.2) is 91.0 Å². The summed E-state index contributed by atoms with van der Waals surface area (Å²) >= 11 is 5.62. The summed E-state index contributed by atoms with van der Waals surface area (Å²) in [6, 6.07) is 32.4. The third kappa shape index (κ3) is 3.71. The van der Waals surface area contributed by atoms with Gasteiger partial charge in [-0.2, -0.15) is 0 Å². The van der Waals surface area contributed by atoms with Crippen molar-refractivity contribution in [2.75, 3.05) is 14.1 Å². The maximum Gasteiger partial charge on any atom is 0.0774 e. The molecule has 0 amide bonds. The van der Waals surface area contributed by atoms with Gasteiger partial charge in [-0.15, -0.1) is 0 Å². The molecule has 0 atom stereocenters. The van der Waals surface area contributed by atoms with Crippen LogP contribution >= 0.6 is 12.2 Å². The Balaban J connectivity index is 2.19. The second-order valence-corrected chi connectivity index (χ2v) is 7.26.